The molecule has 0 aromatic carbocycles. The number of carboxylic acid groups (broad SMARTS) is 1. The number of quaternary nitrogens is 1. The van der Waals surface area contributed by atoms with E-state index in [0.29, 0.717) is 23.6 Å². The summed E-state index contributed by atoms with van der Waals surface area (Å²) in [5, 5.41) is 21.9. The smallest absolute Gasteiger partial charge is 0.286 e. The van der Waals surface area contributed by atoms with Crippen molar-refractivity contribution < 1.29 is 19.7 Å². The number of hydrogen-bond donors (Lipinski definition) is 1. The molecular formula is C14H18N4O4. The van der Waals surface area contributed by atoms with Crippen molar-refractivity contribution in [3.63, 3.8) is 0 Å². The Bertz CT molecular complexity index is 706. The van der Waals surface area contributed by atoms with Crippen LogP contribution in [-0.4, -0.2) is 33.4 Å². The molecule has 0 aliphatic rings. The molecule has 2 aromatic heterocycles. The second-order valence-corrected chi connectivity index (χ2v) is 5.06. The molecule has 0 aliphatic carbocycles. The number of fused-ring (bicyclic) bond motifs is 1. The third-order valence-corrected chi connectivity index (χ3v) is 3.72. The van der Waals surface area contributed by atoms with Crippen LogP contribution in [0.5, 0.6) is 0 Å². The summed E-state index contributed by atoms with van der Waals surface area (Å²) in [5.41, 5.74) is 1.53. The number of aromatic nitrogens is 2. The SMILES string of the molecule is CC[NH+](CC)Cc1c(CC(=O)[O-])nc2ccc([N+](=O)[O-])cn12. The fourth-order valence-corrected chi connectivity index (χ4v) is 2.44. The van der Waals surface area contributed by atoms with Crippen LogP contribution >= 0.6 is 0 Å². The molecule has 2 rings (SSSR count). The minimum Gasteiger partial charge on any atom is -0.550 e. The van der Waals surface area contributed by atoms with Crippen molar-refractivity contribution in [2.24, 2.45) is 0 Å². The average Bonchev–Trinajstić information content (AvgIpc) is 2.80. The van der Waals surface area contributed by atoms with Gasteiger partial charge in [0.05, 0.1) is 29.9 Å². The second kappa shape index (κ2) is 6.52. The summed E-state index contributed by atoms with van der Waals surface area (Å²) in [6.45, 7) is 6.34. The lowest BCUT2D eigenvalue weighted by molar-refractivity contribution is -0.910. The number of nitrogens with zero attached hydrogens (tertiary/aromatic N) is 3. The van der Waals surface area contributed by atoms with Crippen LogP contribution in [0.1, 0.15) is 25.2 Å². The predicted molar refractivity (Wildman–Crippen MR) is 76.3 cm³/mol. The normalized spacial score (nSPS) is 11.2. The van der Waals surface area contributed by atoms with Crippen LogP contribution in [0.25, 0.3) is 5.65 Å². The van der Waals surface area contributed by atoms with Crippen LogP contribution in [0.3, 0.4) is 0 Å². The van der Waals surface area contributed by atoms with E-state index in [4.69, 9.17) is 0 Å². The van der Waals surface area contributed by atoms with E-state index in [-0.39, 0.29) is 12.1 Å². The highest BCUT2D eigenvalue weighted by Gasteiger charge is 2.19. The predicted octanol–water partition coefficient (Wildman–Crippen LogP) is -1.04. The quantitative estimate of drug-likeness (QED) is 0.519. The van der Waals surface area contributed by atoms with Gasteiger partial charge in [-0.1, -0.05) is 0 Å². The van der Waals surface area contributed by atoms with Crippen LogP contribution in [0.4, 0.5) is 5.69 Å². The molecule has 22 heavy (non-hydrogen) atoms. The van der Waals surface area contributed by atoms with E-state index in [0.717, 1.165) is 13.1 Å². The highest BCUT2D eigenvalue weighted by atomic mass is 16.6. The van der Waals surface area contributed by atoms with Crippen molar-refractivity contribution >= 4 is 17.3 Å². The molecule has 0 bridgehead atoms. The summed E-state index contributed by atoms with van der Waals surface area (Å²) in [7, 11) is 0. The number of rotatable bonds is 7. The number of imidazole rings is 1. The molecule has 2 heterocycles. The van der Waals surface area contributed by atoms with E-state index in [2.05, 4.69) is 4.98 Å². The highest BCUT2D eigenvalue weighted by Crippen LogP contribution is 2.18. The topological polar surface area (TPSA) is 105 Å². The van der Waals surface area contributed by atoms with Crippen LogP contribution in [-0.2, 0) is 17.8 Å². The van der Waals surface area contributed by atoms with Crippen molar-refractivity contribution in [3.05, 3.63) is 39.8 Å². The molecule has 2 aromatic rings. The molecule has 0 aliphatic heterocycles. The molecule has 0 fully saturated rings. The third-order valence-electron chi connectivity index (χ3n) is 3.72. The highest BCUT2D eigenvalue weighted by molar-refractivity contribution is 5.68. The maximum Gasteiger partial charge on any atom is 0.286 e. The molecule has 0 amide bonds. The van der Waals surface area contributed by atoms with E-state index in [1.807, 2.05) is 13.8 Å². The van der Waals surface area contributed by atoms with Gasteiger partial charge in [0.2, 0.25) is 0 Å². The van der Waals surface area contributed by atoms with Gasteiger partial charge in [0.15, 0.2) is 0 Å². The molecule has 8 nitrogen and oxygen atoms in total. The van der Waals surface area contributed by atoms with E-state index in [1.165, 1.54) is 23.2 Å². The van der Waals surface area contributed by atoms with Gasteiger partial charge in [0.25, 0.3) is 5.69 Å². The summed E-state index contributed by atoms with van der Waals surface area (Å²) < 4.78 is 1.61. The lowest BCUT2D eigenvalue weighted by Crippen LogP contribution is -3.10. The van der Waals surface area contributed by atoms with Gasteiger partial charge in [0.1, 0.15) is 17.9 Å². The number of carbonyl (C=O) groups is 1. The Morgan fingerprint density at radius 2 is 2.05 bits per heavy atom. The van der Waals surface area contributed by atoms with Crippen molar-refractivity contribution in [2.45, 2.75) is 26.8 Å². The number of hydrogen-bond acceptors (Lipinski definition) is 5. The molecule has 118 valence electrons. The molecular weight excluding hydrogens is 288 g/mol. The second-order valence-electron chi connectivity index (χ2n) is 5.06. The summed E-state index contributed by atoms with van der Waals surface area (Å²) in [4.78, 5) is 26.9. The summed E-state index contributed by atoms with van der Waals surface area (Å²) in [5.74, 6) is -1.21. The fourth-order valence-electron chi connectivity index (χ4n) is 2.44. The minimum absolute atomic E-state index is 0.0549. The molecule has 0 spiro atoms. The Morgan fingerprint density at radius 1 is 1.36 bits per heavy atom. The molecule has 0 saturated carbocycles. The van der Waals surface area contributed by atoms with Gasteiger partial charge in [-0.3, -0.25) is 14.5 Å². The fraction of sp³-hybridized carbons (Fsp3) is 0.429. The first-order chi connectivity index (χ1) is 10.5. The van der Waals surface area contributed by atoms with E-state index >= 15 is 0 Å². The van der Waals surface area contributed by atoms with Gasteiger partial charge in [-0.2, -0.15) is 0 Å². The van der Waals surface area contributed by atoms with Gasteiger partial charge in [-0.25, -0.2) is 4.98 Å². The van der Waals surface area contributed by atoms with Crippen molar-refractivity contribution in [3.8, 4) is 0 Å². The van der Waals surface area contributed by atoms with Gasteiger partial charge >= 0.3 is 0 Å². The number of nitro groups is 1. The Kier molecular flexibility index (Phi) is 4.71. The lowest BCUT2D eigenvalue weighted by Gasteiger charge is -2.16. The van der Waals surface area contributed by atoms with Gasteiger partial charge < -0.3 is 14.8 Å². The van der Waals surface area contributed by atoms with Crippen LogP contribution in [0, 0.1) is 10.1 Å². The zero-order chi connectivity index (χ0) is 16.3. The Balaban J connectivity index is 2.56. The van der Waals surface area contributed by atoms with Crippen LogP contribution < -0.4 is 10.0 Å². The number of aliphatic carboxylic acids is 1. The Morgan fingerprint density at radius 3 is 2.59 bits per heavy atom. The Labute approximate surface area is 127 Å². The van der Waals surface area contributed by atoms with Crippen molar-refractivity contribution in [2.75, 3.05) is 13.1 Å². The first-order valence-corrected chi connectivity index (χ1v) is 7.13. The maximum atomic E-state index is 10.9. The maximum absolute atomic E-state index is 10.9. The zero-order valence-electron chi connectivity index (χ0n) is 12.5. The van der Waals surface area contributed by atoms with E-state index in [1.54, 1.807) is 4.40 Å². The third kappa shape index (κ3) is 3.22. The van der Waals surface area contributed by atoms with Crippen molar-refractivity contribution in [1.29, 1.82) is 0 Å². The van der Waals surface area contributed by atoms with Gasteiger partial charge in [0, 0.05) is 18.5 Å². The van der Waals surface area contributed by atoms with Crippen LogP contribution in [0.2, 0.25) is 0 Å². The first-order valence-electron chi connectivity index (χ1n) is 7.13. The minimum atomic E-state index is -1.21. The van der Waals surface area contributed by atoms with E-state index < -0.39 is 10.9 Å². The lowest BCUT2D eigenvalue weighted by atomic mass is 10.2. The number of nitrogens with one attached hydrogen (secondary N) is 1. The molecule has 0 unspecified atom stereocenters. The number of carbonyl (C=O) groups excluding carboxylic acids is 1. The Hall–Kier alpha value is -2.48. The summed E-state index contributed by atoms with van der Waals surface area (Å²) in [6, 6.07) is 2.89. The average molecular weight is 306 g/mol. The van der Waals surface area contributed by atoms with Crippen molar-refractivity contribution in [1.82, 2.24) is 9.38 Å². The standard InChI is InChI=1S/C14H18N4O4/c1-3-16(4-2)9-12-11(7-14(19)20)15-13-6-5-10(18(21)22)8-17(12)13/h5-6,8H,3-4,7,9H2,1-2H3,(H,19,20). The summed E-state index contributed by atoms with van der Waals surface area (Å²) >= 11 is 0. The number of pyridine rings is 1. The first kappa shape index (κ1) is 15.9. The van der Waals surface area contributed by atoms with E-state index in [9.17, 15) is 20.0 Å². The largest absolute Gasteiger partial charge is 0.550 e. The molecule has 0 atom stereocenters. The molecule has 1 N–H and O–H groups in total. The molecule has 0 saturated heterocycles. The summed E-state index contributed by atoms with van der Waals surface area (Å²) in [6.07, 6.45) is 1.09. The van der Waals surface area contributed by atoms with Gasteiger partial charge in [-0.15, -0.1) is 0 Å². The molecule has 8 heteroatoms. The zero-order valence-corrected chi connectivity index (χ0v) is 12.5. The van der Waals surface area contributed by atoms with Gasteiger partial charge in [-0.05, 0) is 19.9 Å². The number of carboxylic acids is 1. The van der Waals surface area contributed by atoms with Crippen LogP contribution in [0.15, 0.2) is 18.3 Å². The molecule has 0 radical (unpaired) electrons. The monoisotopic (exact) mass is 306 g/mol.